The number of fused-ring (bicyclic) bond motifs is 2. The zero-order valence-corrected chi connectivity index (χ0v) is 18.1. The zero-order valence-electron chi connectivity index (χ0n) is 18.1. The molecule has 0 aliphatic rings. The number of amides is 1. The highest BCUT2D eigenvalue weighted by Gasteiger charge is 2.16. The van der Waals surface area contributed by atoms with Crippen molar-refractivity contribution >= 4 is 27.6 Å². The molecule has 0 fully saturated rings. The fraction of sp³-hybridized carbons (Fsp3) is 0.261. The van der Waals surface area contributed by atoms with E-state index in [4.69, 9.17) is 14.2 Å². The summed E-state index contributed by atoms with van der Waals surface area (Å²) in [6.45, 7) is 0.805. The summed E-state index contributed by atoms with van der Waals surface area (Å²) in [4.78, 5) is 25.4. The van der Waals surface area contributed by atoms with E-state index < -0.39 is 5.56 Å². The minimum absolute atomic E-state index is 0.196. The van der Waals surface area contributed by atoms with Crippen LogP contribution in [0.1, 0.15) is 0 Å². The molecule has 0 atom stereocenters. The van der Waals surface area contributed by atoms with Gasteiger partial charge in [0.05, 0.1) is 32.9 Å². The van der Waals surface area contributed by atoms with Gasteiger partial charge < -0.3 is 24.1 Å². The summed E-state index contributed by atoms with van der Waals surface area (Å²) in [7, 11) is 4.60. The lowest BCUT2D eigenvalue weighted by Gasteiger charge is -2.12. The van der Waals surface area contributed by atoms with Gasteiger partial charge >= 0.3 is 0 Å². The summed E-state index contributed by atoms with van der Waals surface area (Å²) < 4.78 is 19.1. The van der Waals surface area contributed by atoms with Crippen LogP contribution in [-0.4, -0.2) is 48.1 Å². The van der Waals surface area contributed by atoms with Gasteiger partial charge in [0, 0.05) is 35.6 Å². The Labute approximate surface area is 184 Å². The van der Waals surface area contributed by atoms with Gasteiger partial charge in [0.15, 0.2) is 11.5 Å². The first-order valence-corrected chi connectivity index (χ1v) is 10.1. The highest BCUT2D eigenvalue weighted by molar-refractivity contribution is 5.89. The number of methoxy groups -OCH3 is 3. The fourth-order valence-corrected chi connectivity index (χ4v) is 3.70. The molecule has 166 valence electrons. The molecule has 0 aliphatic carbocycles. The minimum atomic E-state index is -0.418. The van der Waals surface area contributed by atoms with Gasteiger partial charge in [-0.1, -0.05) is 0 Å². The van der Waals surface area contributed by atoms with Gasteiger partial charge in [0.1, 0.15) is 12.3 Å². The molecule has 0 spiro atoms. The molecule has 4 rings (SSSR count). The van der Waals surface area contributed by atoms with E-state index in [0.717, 1.165) is 21.3 Å². The second kappa shape index (κ2) is 9.01. The molecule has 2 heterocycles. The van der Waals surface area contributed by atoms with Crippen LogP contribution in [0.2, 0.25) is 0 Å². The Morgan fingerprint density at radius 3 is 2.62 bits per heavy atom. The van der Waals surface area contributed by atoms with Crippen molar-refractivity contribution in [2.24, 2.45) is 0 Å². The molecule has 9 nitrogen and oxygen atoms in total. The molecule has 0 bridgehead atoms. The average Bonchev–Trinajstić information content (AvgIpc) is 3.22. The van der Waals surface area contributed by atoms with Crippen LogP contribution in [-0.2, 0) is 17.9 Å². The molecular formula is C23H24N4O5. The molecule has 0 saturated carbocycles. The summed E-state index contributed by atoms with van der Waals surface area (Å²) in [6.07, 6.45) is 3.50. The van der Waals surface area contributed by atoms with Crippen LogP contribution in [0.3, 0.4) is 0 Å². The molecule has 1 N–H and O–H groups in total. The Bertz CT molecular complexity index is 1340. The lowest BCUT2D eigenvalue weighted by Crippen LogP contribution is -2.35. The number of hydrogen-bond acceptors (Lipinski definition) is 6. The van der Waals surface area contributed by atoms with Gasteiger partial charge in [-0.3, -0.25) is 9.59 Å². The van der Waals surface area contributed by atoms with Gasteiger partial charge in [-0.15, -0.1) is 0 Å². The Balaban J connectivity index is 1.45. The predicted octanol–water partition coefficient (Wildman–Crippen LogP) is 2.19. The van der Waals surface area contributed by atoms with Gasteiger partial charge in [-0.25, -0.2) is 4.68 Å². The maximum absolute atomic E-state index is 12.9. The Hall–Kier alpha value is -4.01. The number of nitrogens with one attached hydrogen (secondary N) is 1. The van der Waals surface area contributed by atoms with Crippen LogP contribution in [0.4, 0.5) is 0 Å². The quantitative estimate of drug-likeness (QED) is 0.455. The zero-order chi connectivity index (χ0) is 22.7. The maximum atomic E-state index is 12.9. The van der Waals surface area contributed by atoms with Crippen LogP contribution >= 0.6 is 0 Å². The molecule has 4 aromatic rings. The van der Waals surface area contributed by atoms with Gasteiger partial charge in [0.2, 0.25) is 5.91 Å². The second-order valence-corrected chi connectivity index (χ2v) is 7.16. The van der Waals surface area contributed by atoms with Crippen LogP contribution in [0.5, 0.6) is 17.2 Å². The topological polar surface area (TPSA) is 96.6 Å². The lowest BCUT2D eigenvalue weighted by molar-refractivity contribution is -0.121. The first-order valence-electron chi connectivity index (χ1n) is 10.1. The molecule has 2 aromatic heterocycles. The molecule has 0 aliphatic heterocycles. The number of benzene rings is 2. The van der Waals surface area contributed by atoms with E-state index in [1.807, 2.05) is 35.0 Å². The summed E-state index contributed by atoms with van der Waals surface area (Å²) in [6, 6.07) is 11.3. The smallest absolute Gasteiger partial charge is 0.279 e. The number of nitrogens with zero attached hydrogens (tertiary/aromatic N) is 3. The number of aromatic nitrogens is 3. The molecule has 0 unspecified atom stereocenters. The SMILES string of the molecule is COc1ccc2c(ccn2CCNC(=O)Cn2ncc3ccc(OC)c(OC)c3c2=O)c1. The third-order valence-electron chi connectivity index (χ3n) is 5.31. The predicted molar refractivity (Wildman–Crippen MR) is 121 cm³/mol. The van der Waals surface area contributed by atoms with Crippen molar-refractivity contribution in [3.8, 4) is 17.2 Å². The molecule has 2 aromatic carbocycles. The Morgan fingerprint density at radius 1 is 1.03 bits per heavy atom. The fourth-order valence-electron chi connectivity index (χ4n) is 3.70. The molecule has 1 amide bonds. The summed E-state index contributed by atoms with van der Waals surface area (Å²) in [5, 5.41) is 8.96. The minimum Gasteiger partial charge on any atom is -0.497 e. The highest BCUT2D eigenvalue weighted by atomic mass is 16.5. The van der Waals surface area contributed by atoms with Crippen molar-refractivity contribution in [1.82, 2.24) is 19.7 Å². The largest absolute Gasteiger partial charge is 0.497 e. The summed E-state index contributed by atoms with van der Waals surface area (Å²) in [5.74, 6) is 1.25. The number of hydrogen-bond donors (Lipinski definition) is 1. The molecular weight excluding hydrogens is 412 g/mol. The third-order valence-corrected chi connectivity index (χ3v) is 5.31. The van der Waals surface area contributed by atoms with Gasteiger partial charge in [0.25, 0.3) is 5.56 Å². The molecule has 0 radical (unpaired) electrons. The number of carbonyl (C=O) groups is 1. The summed E-state index contributed by atoms with van der Waals surface area (Å²) in [5.41, 5.74) is 0.632. The van der Waals surface area contributed by atoms with Crippen molar-refractivity contribution in [2.75, 3.05) is 27.9 Å². The van der Waals surface area contributed by atoms with Crippen LogP contribution < -0.4 is 25.1 Å². The van der Waals surface area contributed by atoms with E-state index >= 15 is 0 Å². The summed E-state index contributed by atoms with van der Waals surface area (Å²) >= 11 is 0. The van der Waals surface area contributed by atoms with Crippen LogP contribution in [0, 0.1) is 0 Å². The van der Waals surface area contributed by atoms with Crippen molar-refractivity contribution in [2.45, 2.75) is 13.1 Å². The lowest BCUT2D eigenvalue weighted by atomic mass is 10.1. The Kier molecular flexibility index (Phi) is 5.98. The molecule has 0 saturated heterocycles. The van der Waals surface area contributed by atoms with Crippen molar-refractivity contribution in [3.63, 3.8) is 0 Å². The van der Waals surface area contributed by atoms with Crippen molar-refractivity contribution in [3.05, 3.63) is 59.1 Å². The van der Waals surface area contributed by atoms with E-state index in [1.165, 1.54) is 20.4 Å². The van der Waals surface area contributed by atoms with Gasteiger partial charge in [-0.2, -0.15) is 5.10 Å². The molecule has 32 heavy (non-hydrogen) atoms. The average molecular weight is 436 g/mol. The van der Waals surface area contributed by atoms with E-state index in [1.54, 1.807) is 19.2 Å². The monoisotopic (exact) mass is 436 g/mol. The van der Waals surface area contributed by atoms with E-state index in [9.17, 15) is 9.59 Å². The number of rotatable bonds is 8. The normalized spacial score (nSPS) is 11.0. The van der Waals surface area contributed by atoms with E-state index in [2.05, 4.69) is 10.4 Å². The third kappa shape index (κ3) is 3.96. The first-order chi connectivity index (χ1) is 15.5. The highest BCUT2D eigenvalue weighted by Crippen LogP contribution is 2.32. The first kappa shape index (κ1) is 21.2. The second-order valence-electron chi connectivity index (χ2n) is 7.16. The Morgan fingerprint density at radius 2 is 1.88 bits per heavy atom. The van der Waals surface area contributed by atoms with Crippen molar-refractivity contribution < 1.29 is 19.0 Å². The van der Waals surface area contributed by atoms with Crippen LogP contribution in [0.25, 0.3) is 21.7 Å². The molecule has 9 heteroatoms. The van der Waals surface area contributed by atoms with E-state index in [-0.39, 0.29) is 12.5 Å². The maximum Gasteiger partial charge on any atom is 0.279 e. The standard InChI is InChI=1S/C23H24N4O5/c1-30-17-5-6-18-15(12-17)8-10-26(18)11-9-24-20(28)14-27-23(29)21-16(13-25-27)4-7-19(31-2)22(21)32-3/h4-8,10,12-13H,9,11,14H2,1-3H3,(H,24,28). The van der Waals surface area contributed by atoms with Gasteiger partial charge in [-0.05, 0) is 36.4 Å². The number of carbonyl (C=O) groups excluding carboxylic acids is 1. The van der Waals surface area contributed by atoms with Crippen LogP contribution in [0.15, 0.2) is 53.6 Å². The van der Waals surface area contributed by atoms with Crippen molar-refractivity contribution in [1.29, 1.82) is 0 Å². The number of ether oxygens (including phenoxy) is 3. The van der Waals surface area contributed by atoms with E-state index in [0.29, 0.717) is 35.4 Å².